The first-order valence-electron chi connectivity index (χ1n) is 18.7. The summed E-state index contributed by atoms with van der Waals surface area (Å²) in [6.45, 7) is 12.9. The number of anilines is 1. The number of ether oxygens (including phenoxy) is 2. The minimum Gasteiger partial charge on any atom is -0.444 e. The highest BCUT2D eigenvalue weighted by atomic mass is 16.6. The highest BCUT2D eigenvalue weighted by Crippen LogP contribution is 2.29. The third kappa shape index (κ3) is 8.99. The summed E-state index contributed by atoms with van der Waals surface area (Å²) in [5, 5.41) is 3.49. The summed E-state index contributed by atoms with van der Waals surface area (Å²) in [4.78, 5) is 72.8. The van der Waals surface area contributed by atoms with Gasteiger partial charge in [-0.05, 0) is 77.9 Å². The SMILES string of the molecule is CC(C)(C)OC(=O)N1CCc2nc(-c3ccncc3)nc(NCCc3ccc(-c4cc(-c5nc6c(c(=O)[nH]5)CN(C(=O)OC(C)(C)C)CC6)ccn4)cn3)c2C1. The van der Waals surface area contributed by atoms with Crippen LogP contribution in [0.5, 0.6) is 0 Å². The van der Waals surface area contributed by atoms with Crippen LogP contribution in [0, 0.1) is 0 Å². The van der Waals surface area contributed by atoms with Gasteiger partial charge in [0.15, 0.2) is 5.82 Å². The van der Waals surface area contributed by atoms with Crippen molar-refractivity contribution in [1.29, 1.82) is 0 Å². The number of nitrogens with one attached hydrogen (secondary N) is 2. The molecule has 0 bridgehead atoms. The Balaban J connectivity index is 1.03. The third-order valence-electron chi connectivity index (χ3n) is 9.20. The maximum absolute atomic E-state index is 13.2. The van der Waals surface area contributed by atoms with Crippen LogP contribution in [0.1, 0.15) is 69.8 Å². The lowest BCUT2D eigenvalue weighted by Gasteiger charge is -2.31. The summed E-state index contributed by atoms with van der Waals surface area (Å²) >= 11 is 0. The fourth-order valence-electron chi connectivity index (χ4n) is 6.49. The maximum Gasteiger partial charge on any atom is 0.410 e. The van der Waals surface area contributed by atoms with E-state index >= 15 is 0 Å². The average molecular weight is 759 g/mol. The lowest BCUT2D eigenvalue weighted by molar-refractivity contribution is 0.0212. The highest BCUT2D eigenvalue weighted by molar-refractivity contribution is 5.70. The molecule has 2 N–H and O–H groups in total. The first-order chi connectivity index (χ1) is 26.7. The average Bonchev–Trinajstić information content (AvgIpc) is 3.17. The van der Waals surface area contributed by atoms with E-state index in [1.165, 1.54) is 4.90 Å². The van der Waals surface area contributed by atoms with Gasteiger partial charge in [0.05, 0.1) is 35.7 Å². The van der Waals surface area contributed by atoms with Gasteiger partial charge in [0, 0.05) is 91.6 Å². The number of rotatable bonds is 7. The molecular formula is C41H46N10O5. The van der Waals surface area contributed by atoms with Crippen LogP contribution in [0.25, 0.3) is 34.0 Å². The summed E-state index contributed by atoms with van der Waals surface area (Å²) in [6.07, 6.45) is 7.71. The van der Waals surface area contributed by atoms with Crippen molar-refractivity contribution >= 4 is 18.0 Å². The van der Waals surface area contributed by atoms with Crippen molar-refractivity contribution in [3.05, 3.63) is 99.7 Å². The summed E-state index contributed by atoms with van der Waals surface area (Å²) in [6, 6.07) is 11.4. The molecule has 0 saturated carbocycles. The minimum atomic E-state index is -0.627. The van der Waals surface area contributed by atoms with Crippen LogP contribution in [-0.2, 0) is 41.8 Å². The number of aromatic amines is 1. The Kier molecular flexibility index (Phi) is 10.5. The highest BCUT2D eigenvalue weighted by Gasteiger charge is 2.30. The number of carbonyl (C=O) groups excluding carboxylic acids is 2. The Morgan fingerprint density at radius 3 is 2.05 bits per heavy atom. The van der Waals surface area contributed by atoms with Crippen molar-refractivity contribution in [2.24, 2.45) is 0 Å². The molecule has 0 aliphatic carbocycles. The molecule has 0 unspecified atom stereocenters. The normalized spacial score (nSPS) is 14.1. The molecule has 15 nitrogen and oxygen atoms in total. The van der Waals surface area contributed by atoms with Gasteiger partial charge in [-0.3, -0.25) is 19.7 Å². The van der Waals surface area contributed by atoms with Crippen molar-refractivity contribution in [2.45, 2.75) is 85.1 Å². The molecule has 0 atom stereocenters. The molecule has 2 amide bonds. The van der Waals surface area contributed by atoms with Gasteiger partial charge in [0.1, 0.15) is 22.8 Å². The Morgan fingerprint density at radius 1 is 0.768 bits per heavy atom. The Morgan fingerprint density at radius 2 is 1.41 bits per heavy atom. The molecule has 5 aromatic heterocycles. The van der Waals surface area contributed by atoms with Crippen molar-refractivity contribution in [3.8, 4) is 34.0 Å². The maximum atomic E-state index is 13.2. The van der Waals surface area contributed by atoms with Gasteiger partial charge in [-0.1, -0.05) is 0 Å². The fraction of sp³-hybridized carbons (Fsp3) is 0.390. The van der Waals surface area contributed by atoms with E-state index in [0.29, 0.717) is 85.4 Å². The Bertz CT molecular complexity index is 2300. The van der Waals surface area contributed by atoms with E-state index < -0.39 is 17.3 Å². The molecule has 5 aromatic rings. The topological polar surface area (TPSA) is 181 Å². The van der Waals surface area contributed by atoms with Crippen molar-refractivity contribution in [2.75, 3.05) is 25.0 Å². The summed E-state index contributed by atoms with van der Waals surface area (Å²) in [7, 11) is 0. The fourth-order valence-corrected chi connectivity index (χ4v) is 6.49. The van der Waals surface area contributed by atoms with Gasteiger partial charge in [0.2, 0.25) is 0 Å². The number of aromatic nitrogens is 7. The summed E-state index contributed by atoms with van der Waals surface area (Å²) in [5.41, 5.74) is 5.31. The molecule has 56 heavy (non-hydrogen) atoms. The smallest absolute Gasteiger partial charge is 0.410 e. The van der Waals surface area contributed by atoms with Gasteiger partial charge in [-0.25, -0.2) is 24.5 Å². The standard InChI is InChI=1S/C41H46N10O5/c1-40(2,3)55-38(53)50-19-13-31-29(23-50)36(48-34(46-31)25-9-15-42-16-10-25)44-18-12-28-8-7-27(22-45-28)33-21-26(11-17-43-33)35-47-32-14-20-51(24-30(32)37(52)49-35)39(54)56-41(4,5)6/h7-11,15-17,21-22H,12-14,18-20,23-24H2,1-6H3,(H,44,46,48)(H,47,49,52). The molecule has 0 aromatic carbocycles. The quantitative estimate of drug-likeness (QED) is 0.198. The van der Waals surface area contributed by atoms with Crippen molar-refractivity contribution < 1.29 is 19.1 Å². The third-order valence-corrected chi connectivity index (χ3v) is 9.20. The number of hydrogen-bond donors (Lipinski definition) is 2. The van der Waals surface area contributed by atoms with Crippen molar-refractivity contribution in [3.63, 3.8) is 0 Å². The predicted octanol–water partition coefficient (Wildman–Crippen LogP) is 5.99. The van der Waals surface area contributed by atoms with Gasteiger partial charge < -0.3 is 29.6 Å². The number of carbonyl (C=O) groups is 2. The van der Waals surface area contributed by atoms with E-state index in [2.05, 4.69) is 20.3 Å². The molecular weight excluding hydrogens is 713 g/mol. The molecule has 2 aliphatic rings. The summed E-state index contributed by atoms with van der Waals surface area (Å²) in [5.74, 6) is 1.70. The molecule has 0 spiro atoms. The van der Waals surface area contributed by atoms with Gasteiger partial charge in [-0.15, -0.1) is 0 Å². The first-order valence-corrected chi connectivity index (χ1v) is 18.7. The number of pyridine rings is 3. The zero-order valence-corrected chi connectivity index (χ0v) is 32.5. The predicted molar refractivity (Wildman–Crippen MR) is 209 cm³/mol. The van der Waals surface area contributed by atoms with Gasteiger partial charge in [-0.2, -0.15) is 0 Å². The lowest BCUT2D eigenvalue weighted by atomic mass is 10.1. The van der Waals surface area contributed by atoms with E-state index in [1.807, 2.05) is 71.9 Å². The van der Waals surface area contributed by atoms with Crippen LogP contribution in [-0.4, -0.2) is 87.7 Å². The second kappa shape index (κ2) is 15.5. The minimum absolute atomic E-state index is 0.141. The van der Waals surface area contributed by atoms with E-state index in [4.69, 9.17) is 29.4 Å². The number of nitrogens with zero attached hydrogens (tertiary/aromatic N) is 8. The molecule has 0 saturated heterocycles. The van der Waals surface area contributed by atoms with Crippen LogP contribution < -0.4 is 10.9 Å². The van der Waals surface area contributed by atoms with E-state index in [0.717, 1.165) is 28.1 Å². The second-order valence-electron chi connectivity index (χ2n) is 15.8. The molecule has 7 rings (SSSR count). The first kappa shape index (κ1) is 38.0. The van der Waals surface area contributed by atoms with E-state index in [9.17, 15) is 14.4 Å². The van der Waals surface area contributed by atoms with Crippen LogP contribution in [0.2, 0.25) is 0 Å². The van der Waals surface area contributed by atoms with E-state index in [-0.39, 0.29) is 18.2 Å². The van der Waals surface area contributed by atoms with Gasteiger partial charge >= 0.3 is 12.2 Å². The molecule has 290 valence electrons. The van der Waals surface area contributed by atoms with Crippen LogP contribution in [0.4, 0.5) is 15.4 Å². The largest absolute Gasteiger partial charge is 0.444 e. The van der Waals surface area contributed by atoms with Gasteiger partial charge in [0.25, 0.3) is 5.56 Å². The molecule has 0 radical (unpaired) electrons. The number of fused-ring (bicyclic) bond motifs is 2. The lowest BCUT2D eigenvalue weighted by Crippen LogP contribution is -2.42. The summed E-state index contributed by atoms with van der Waals surface area (Å²) < 4.78 is 11.2. The molecule has 2 aliphatic heterocycles. The van der Waals surface area contributed by atoms with E-state index in [1.54, 1.807) is 35.8 Å². The van der Waals surface area contributed by atoms with Crippen molar-refractivity contribution in [1.82, 2.24) is 44.7 Å². The number of amides is 2. The molecule has 0 fully saturated rings. The second-order valence-corrected chi connectivity index (χ2v) is 15.8. The zero-order chi connectivity index (χ0) is 39.6. The zero-order valence-electron chi connectivity index (χ0n) is 32.5. The monoisotopic (exact) mass is 758 g/mol. The number of hydrogen-bond acceptors (Lipinski definition) is 12. The van der Waals surface area contributed by atoms with Crippen LogP contribution in [0.15, 0.2) is 66.0 Å². The molecule has 15 heteroatoms. The number of H-pyrrole nitrogens is 1. The molecule has 7 heterocycles. The van der Waals surface area contributed by atoms with Crippen LogP contribution >= 0.6 is 0 Å². The van der Waals surface area contributed by atoms with Crippen LogP contribution in [0.3, 0.4) is 0 Å². The Labute approximate surface area is 325 Å². The Hall–Kier alpha value is -6.25.